The Morgan fingerprint density at radius 3 is 2.69 bits per heavy atom. The summed E-state index contributed by atoms with van der Waals surface area (Å²) in [6.45, 7) is 7.69. The van der Waals surface area contributed by atoms with Crippen molar-refractivity contribution in [3.8, 4) is 11.5 Å². The molecule has 0 unspecified atom stereocenters. The lowest BCUT2D eigenvalue weighted by Gasteiger charge is -2.30. The number of aryl methyl sites for hydroxylation is 2. The van der Waals surface area contributed by atoms with Gasteiger partial charge in [0.05, 0.1) is 30.1 Å². The molecule has 0 saturated carbocycles. The Hall–Kier alpha value is -2.09. The van der Waals surface area contributed by atoms with Gasteiger partial charge >= 0.3 is 0 Å². The van der Waals surface area contributed by atoms with Crippen LogP contribution in [0.2, 0.25) is 5.02 Å². The molecule has 0 bridgehead atoms. The van der Waals surface area contributed by atoms with Gasteiger partial charge in [-0.1, -0.05) is 32.4 Å². The van der Waals surface area contributed by atoms with E-state index in [4.69, 9.17) is 21.1 Å². The molecule has 3 rings (SSSR count). The summed E-state index contributed by atoms with van der Waals surface area (Å²) in [7, 11) is 3.28. The standard InChI is InChI=1S/C27H37ClN2O4S/c1-6-23-19-15-27(2,3)10-9-18(19)26(35-23)21(31)8-7-17-13-20(28)25(22(14-17)33-5)34-12-11-30-24(32)16-29-4/h13-14,29H,6-12,15-16H2,1-5H3,(H,30,32). The van der Waals surface area contributed by atoms with Crippen LogP contribution in [0.4, 0.5) is 0 Å². The lowest BCUT2D eigenvalue weighted by Crippen LogP contribution is -2.34. The number of carbonyl (C=O) groups excluding carboxylic acids is 2. The zero-order chi connectivity index (χ0) is 25.6. The highest BCUT2D eigenvalue weighted by molar-refractivity contribution is 7.14. The van der Waals surface area contributed by atoms with Crippen molar-refractivity contribution in [3.05, 3.63) is 43.6 Å². The quantitative estimate of drug-likeness (QED) is 0.303. The van der Waals surface area contributed by atoms with E-state index in [0.717, 1.165) is 36.1 Å². The maximum Gasteiger partial charge on any atom is 0.234 e. The number of amides is 1. The molecule has 192 valence electrons. The molecule has 0 saturated heterocycles. The van der Waals surface area contributed by atoms with Crippen LogP contribution in [0.5, 0.6) is 11.5 Å². The maximum absolute atomic E-state index is 13.2. The summed E-state index contributed by atoms with van der Waals surface area (Å²) in [6, 6.07) is 3.70. The summed E-state index contributed by atoms with van der Waals surface area (Å²) in [5.41, 5.74) is 3.94. The van der Waals surface area contributed by atoms with Crippen LogP contribution in [0.15, 0.2) is 12.1 Å². The Kier molecular flexibility index (Phi) is 9.62. The molecule has 35 heavy (non-hydrogen) atoms. The summed E-state index contributed by atoms with van der Waals surface area (Å²) in [4.78, 5) is 27.1. The normalized spacial score (nSPS) is 14.3. The topological polar surface area (TPSA) is 76.7 Å². The van der Waals surface area contributed by atoms with Crippen LogP contribution >= 0.6 is 22.9 Å². The molecule has 0 spiro atoms. The van der Waals surface area contributed by atoms with Crippen molar-refractivity contribution in [2.45, 2.75) is 59.3 Å². The summed E-state index contributed by atoms with van der Waals surface area (Å²) in [6.07, 6.45) is 5.15. The van der Waals surface area contributed by atoms with Gasteiger partial charge in [-0.15, -0.1) is 11.3 Å². The van der Waals surface area contributed by atoms with E-state index >= 15 is 0 Å². The number of likely N-dealkylation sites (N-methyl/N-ethyl adjacent to an activating group) is 1. The van der Waals surface area contributed by atoms with E-state index in [1.54, 1.807) is 25.5 Å². The minimum absolute atomic E-state index is 0.101. The van der Waals surface area contributed by atoms with Gasteiger partial charge in [0.15, 0.2) is 17.3 Å². The lowest BCUT2D eigenvalue weighted by molar-refractivity contribution is -0.120. The third kappa shape index (κ3) is 6.99. The molecule has 1 amide bonds. The molecule has 1 aliphatic rings. The first-order valence-electron chi connectivity index (χ1n) is 12.3. The molecule has 8 heteroatoms. The first-order chi connectivity index (χ1) is 16.7. The van der Waals surface area contributed by atoms with Crippen LogP contribution in [0.25, 0.3) is 0 Å². The van der Waals surface area contributed by atoms with Gasteiger partial charge in [0.1, 0.15) is 6.61 Å². The number of hydrogen-bond donors (Lipinski definition) is 2. The third-order valence-corrected chi connectivity index (χ3v) is 8.16. The summed E-state index contributed by atoms with van der Waals surface area (Å²) < 4.78 is 11.3. The van der Waals surface area contributed by atoms with Crippen molar-refractivity contribution in [2.24, 2.45) is 5.41 Å². The van der Waals surface area contributed by atoms with Crippen LogP contribution in [-0.4, -0.2) is 45.5 Å². The van der Waals surface area contributed by atoms with E-state index in [2.05, 4.69) is 31.4 Å². The molecule has 1 aromatic carbocycles. The van der Waals surface area contributed by atoms with E-state index in [-0.39, 0.29) is 24.8 Å². The number of nitrogens with one attached hydrogen (secondary N) is 2. The zero-order valence-corrected chi connectivity index (χ0v) is 23.0. The van der Waals surface area contributed by atoms with Crippen molar-refractivity contribution < 1.29 is 19.1 Å². The Labute approximate surface area is 217 Å². The number of carbonyl (C=O) groups is 2. The summed E-state index contributed by atoms with van der Waals surface area (Å²) in [5.74, 6) is 1.06. The van der Waals surface area contributed by atoms with Gasteiger partial charge in [0, 0.05) is 11.3 Å². The highest BCUT2D eigenvalue weighted by Gasteiger charge is 2.31. The van der Waals surface area contributed by atoms with Crippen LogP contribution in [0, 0.1) is 5.41 Å². The number of Topliss-reactive ketones (excluding diaryl/α,β-unsaturated/α-hetero) is 1. The molecule has 2 N–H and O–H groups in total. The summed E-state index contributed by atoms with van der Waals surface area (Å²) in [5, 5.41) is 5.98. The molecule has 1 aliphatic carbocycles. The molecule has 2 aromatic rings. The second-order valence-corrected chi connectivity index (χ2v) is 11.3. The van der Waals surface area contributed by atoms with E-state index in [1.165, 1.54) is 16.0 Å². The number of rotatable bonds is 12. The highest BCUT2D eigenvalue weighted by Crippen LogP contribution is 2.42. The fourth-order valence-corrected chi connectivity index (χ4v) is 6.12. The zero-order valence-electron chi connectivity index (χ0n) is 21.4. The Morgan fingerprint density at radius 2 is 2.00 bits per heavy atom. The van der Waals surface area contributed by atoms with Gasteiger partial charge in [0.2, 0.25) is 5.91 Å². The smallest absolute Gasteiger partial charge is 0.234 e. The number of methoxy groups -OCH3 is 1. The minimum Gasteiger partial charge on any atom is -0.493 e. The Bertz CT molecular complexity index is 1060. The molecule has 0 aliphatic heterocycles. The Balaban J connectivity index is 1.65. The number of hydrogen-bond acceptors (Lipinski definition) is 6. The second-order valence-electron chi connectivity index (χ2n) is 9.77. The molecule has 1 aromatic heterocycles. The molecule has 6 nitrogen and oxygen atoms in total. The van der Waals surface area contributed by atoms with Gasteiger partial charge in [-0.3, -0.25) is 9.59 Å². The SMILES string of the molecule is CCc1sc(C(=O)CCc2cc(Cl)c(OCCNC(=O)CNC)c(OC)c2)c2c1CC(C)(C)CC2. The summed E-state index contributed by atoms with van der Waals surface area (Å²) >= 11 is 8.19. The largest absolute Gasteiger partial charge is 0.493 e. The molecule has 1 heterocycles. The molecule has 0 atom stereocenters. The molecular weight excluding hydrogens is 484 g/mol. The van der Waals surface area contributed by atoms with Crippen LogP contribution in [0.1, 0.15) is 64.9 Å². The van der Waals surface area contributed by atoms with Crippen molar-refractivity contribution in [2.75, 3.05) is 33.9 Å². The van der Waals surface area contributed by atoms with Crippen LogP contribution in [0.3, 0.4) is 0 Å². The number of ketones is 1. The van der Waals surface area contributed by atoms with Gasteiger partial charge in [-0.2, -0.15) is 0 Å². The first-order valence-corrected chi connectivity index (χ1v) is 13.5. The number of thiophene rings is 1. The fourth-order valence-electron chi connectivity index (χ4n) is 4.56. The monoisotopic (exact) mass is 520 g/mol. The predicted octanol–water partition coefficient (Wildman–Crippen LogP) is 5.02. The van der Waals surface area contributed by atoms with Crippen LogP contribution in [-0.2, 0) is 30.5 Å². The van der Waals surface area contributed by atoms with Crippen molar-refractivity contribution in [1.29, 1.82) is 0 Å². The highest BCUT2D eigenvalue weighted by atomic mass is 35.5. The number of ether oxygens (including phenoxy) is 2. The van der Waals surface area contributed by atoms with Gasteiger partial charge in [0.25, 0.3) is 0 Å². The first kappa shape index (κ1) is 27.5. The average Bonchev–Trinajstić information content (AvgIpc) is 3.17. The Morgan fingerprint density at radius 1 is 1.23 bits per heavy atom. The van der Waals surface area contributed by atoms with Crippen molar-refractivity contribution in [1.82, 2.24) is 10.6 Å². The molecule has 0 radical (unpaired) electrons. The fraction of sp³-hybridized carbons (Fsp3) is 0.556. The van der Waals surface area contributed by atoms with E-state index in [9.17, 15) is 9.59 Å². The van der Waals surface area contributed by atoms with E-state index in [1.807, 2.05) is 12.1 Å². The minimum atomic E-state index is -0.101. The van der Waals surface area contributed by atoms with Gasteiger partial charge in [-0.25, -0.2) is 0 Å². The van der Waals surface area contributed by atoms with Crippen molar-refractivity contribution >= 4 is 34.6 Å². The van der Waals surface area contributed by atoms with Gasteiger partial charge in [-0.05, 0) is 73.4 Å². The maximum atomic E-state index is 13.2. The predicted molar refractivity (Wildman–Crippen MR) is 143 cm³/mol. The van der Waals surface area contributed by atoms with Crippen molar-refractivity contribution in [3.63, 3.8) is 0 Å². The second kappa shape index (κ2) is 12.2. The lowest BCUT2D eigenvalue weighted by atomic mass is 9.74. The molecule has 0 fully saturated rings. The third-order valence-electron chi connectivity index (χ3n) is 6.42. The number of benzene rings is 1. The van der Waals surface area contributed by atoms with E-state index < -0.39 is 0 Å². The number of fused-ring (bicyclic) bond motifs is 1. The van der Waals surface area contributed by atoms with E-state index in [0.29, 0.717) is 41.3 Å². The average molecular weight is 521 g/mol. The number of halogens is 1. The molecular formula is C27H37ClN2O4S. The van der Waals surface area contributed by atoms with Crippen LogP contribution < -0.4 is 20.1 Å². The van der Waals surface area contributed by atoms with Gasteiger partial charge < -0.3 is 20.1 Å².